The number of benzene rings is 1. The van der Waals surface area contributed by atoms with Crippen LogP contribution in [0.5, 0.6) is 0 Å². The molecule has 3 rings (SSSR count). The van der Waals surface area contributed by atoms with Gasteiger partial charge >= 0.3 is 0 Å². The number of hydrogen-bond donors (Lipinski definition) is 1. The molecular formula is C20H23N5O. The van der Waals surface area contributed by atoms with Crippen LogP contribution in [0.3, 0.4) is 0 Å². The van der Waals surface area contributed by atoms with Crippen LogP contribution in [0, 0.1) is 0 Å². The van der Waals surface area contributed by atoms with Crippen LogP contribution in [0.1, 0.15) is 25.5 Å². The van der Waals surface area contributed by atoms with Crippen molar-refractivity contribution in [1.29, 1.82) is 0 Å². The zero-order valence-electron chi connectivity index (χ0n) is 15.5. The molecule has 0 aliphatic heterocycles. The molecule has 0 aliphatic rings. The zero-order valence-corrected chi connectivity index (χ0v) is 15.5. The Labute approximate surface area is 153 Å². The van der Waals surface area contributed by atoms with Gasteiger partial charge in [0.2, 0.25) is 5.91 Å². The highest BCUT2D eigenvalue weighted by Crippen LogP contribution is 2.19. The molecule has 0 saturated heterocycles. The zero-order chi connectivity index (χ0) is 18.7. The second kappa shape index (κ2) is 7.39. The molecular weight excluding hydrogens is 326 g/mol. The summed E-state index contributed by atoms with van der Waals surface area (Å²) in [5.74, 6) is -0.195. The first-order chi connectivity index (χ1) is 12.4. The van der Waals surface area contributed by atoms with Crippen molar-refractivity contribution in [2.24, 2.45) is 0 Å². The summed E-state index contributed by atoms with van der Waals surface area (Å²) in [6, 6.07) is 10.1. The summed E-state index contributed by atoms with van der Waals surface area (Å²) in [5, 5.41) is 8.08. The van der Waals surface area contributed by atoms with Gasteiger partial charge < -0.3 is 10.2 Å². The van der Waals surface area contributed by atoms with E-state index >= 15 is 0 Å². The lowest BCUT2D eigenvalue weighted by Gasteiger charge is -2.11. The molecule has 6 heteroatoms. The summed E-state index contributed by atoms with van der Waals surface area (Å²) < 4.78 is 1.86. The van der Waals surface area contributed by atoms with Gasteiger partial charge in [-0.05, 0) is 43.7 Å². The molecule has 0 spiro atoms. The van der Waals surface area contributed by atoms with Gasteiger partial charge in [-0.1, -0.05) is 12.1 Å². The van der Waals surface area contributed by atoms with Crippen molar-refractivity contribution in [3.8, 4) is 0 Å². The Kier molecular flexibility index (Phi) is 5.02. The van der Waals surface area contributed by atoms with Gasteiger partial charge in [0, 0.05) is 37.3 Å². The molecule has 0 aliphatic carbocycles. The van der Waals surface area contributed by atoms with Crippen molar-refractivity contribution in [1.82, 2.24) is 14.8 Å². The second-order valence-corrected chi connectivity index (χ2v) is 6.63. The van der Waals surface area contributed by atoms with E-state index in [2.05, 4.69) is 29.2 Å². The van der Waals surface area contributed by atoms with Gasteiger partial charge in [-0.2, -0.15) is 5.10 Å². The average Bonchev–Trinajstić information content (AvgIpc) is 3.03. The predicted molar refractivity (Wildman–Crippen MR) is 106 cm³/mol. The van der Waals surface area contributed by atoms with Crippen molar-refractivity contribution in [3.63, 3.8) is 0 Å². The van der Waals surface area contributed by atoms with Crippen LogP contribution in [-0.4, -0.2) is 34.8 Å². The number of pyridine rings is 1. The van der Waals surface area contributed by atoms with Crippen LogP contribution in [-0.2, 0) is 4.79 Å². The summed E-state index contributed by atoms with van der Waals surface area (Å²) in [6.07, 6.45) is 6.73. The fourth-order valence-electron chi connectivity index (χ4n) is 2.63. The summed E-state index contributed by atoms with van der Waals surface area (Å²) in [7, 11) is 3.99. The fraction of sp³-hybridized carbons (Fsp3) is 0.250. The van der Waals surface area contributed by atoms with E-state index in [1.54, 1.807) is 18.5 Å². The highest BCUT2D eigenvalue weighted by molar-refractivity contribution is 6.02. The number of carbonyl (C=O) groups excluding carboxylic acids is 1. The Balaban J connectivity index is 1.68. The minimum absolute atomic E-state index is 0.195. The minimum Gasteiger partial charge on any atom is -0.378 e. The third-order valence-electron chi connectivity index (χ3n) is 4.03. The van der Waals surface area contributed by atoms with Crippen LogP contribution in [0.4, 0.5) is 11.4 Å². The lowest BCUT2D eigenvalue weighted by Crippen LogP contribution is -2.09. The van der Waals surface area contributed by atoms with Crippen molar-refractivity contribution in [2.45, 2.75) is 19.9 Å². The lowest BCUT2D eigenvalue weighted by atomic mass is 10.2. The van der Waals surface area contributed by atoms with Crippen molar-refractivity contribution >= 4 is 34.4 Å². The number of nitrogens with one attached hydrogen (secondary N) is 1. The number of anilines is 2. The molecule has 1 N–H and O–H groups in total. The number of amides is 1. The molecule has 26 heavy (non-hydrogen) atoms. The third kappa shape index (κ3) is 3.91. The Morgan fingerprint density at radius 2 is 1.92 bits per heavy atom. The number of nitrogens with zero attached hydrogens (tertiary/aromatic N) is 4. The average molecular weight is 349 g/mol. The van der Waals surface area contributed by atoms with Gasteiger partial charge in [0.15, 0.2) is 5.65 Å². The van der Waals surface area contributed by atoms with Gasteiger partial charge in [-0.3, -0.25) is 4.79 Å². The standard InChI is InChI=1S/C20H23N5O/c1-14(2)25-20-16(12-22-25)11-17(13-21-20)23-19(26)10-7-15-5-8-18(9-6-15)24(3)4/h5-14H,1-4H3,(H,23,26). The first kappa shape index (κ1) is 17.7. The maximum absolute atomic E-state index is 12.2. The lowest BCUT2D eigenvalue weighted by molar-refractivity contribution is -0.111. The van der Waals surface area contributed by atoms with E-state index in [9.17, 15) is 4.79 Å². The predicted octanol–water partition coefficient (Wildman–Crippen LogP) is 3.73. The Morgan fingerprint density at radius 1 is 1.19 bits per heavy atom. The number of carbonyl (C=O) groups is 1. The van der Waals surface area contributed by atoms with Gasteiger partial charge in [-0.15, -0.1) is 0 Å². The Morgan fingerprint density at radius 3 is 2.58 bits per heavy atom. The van der Waals surface area contributed by atoms with E-state index in [4.69, 9.17) is 0 Å². The highest BCUT2D eigenvalue weighted by Gasteiger charge is 2.08. The van der Waals surface area contributed by atoms with E-state index in [-0.39, 0.29) is 11.9 Å². The molecule has 0 saturated carbocycles. The van der Waals surface area contributed by atoms with Crippen molar-refractivity contribution < 1.29 is 4.79 Å². The number of fused-ring (bicyclic) bond motifs is 1. The first-order valence-electron chi connectivity index (χ1n) is 8.54. The maximum Gasteiger partial charge on any atom is 0.248 e. The summed E-state index contributed by atoms with van der Waals surface area (Å²) in [5.41, 5.74) is 3.55. The molecule has 1 aromatic carbocycles. The number of rotatable bonds is 5. The molecule has 2 aromatic heterocycles. The monoisotopic (exact) mass is 349 g/mol. The fourth-order valence-corrected chi connectivity index (χ4v) is 2.63. The first-order valence-corrected chi connectivity index (χ1v) is 8.54. The van der Waals surface area contributed by atoms with Crippen molar-refractivity contribution in [3.05, 3.63) is 54.4 Å². The van der Waals surface area contributed by atoms with Crippen LogP contribution >= 0.6 is 0 Å². The van der Waals surface area contributed by atoms with Gasteiger partial charge in [0.1, 0.15) is 0 Å². The van der Waals surface area contributed by atoms with E-state index in [1.165, 1.54) is 6.08 Å². The number of aromatic nitrogens is 3. The molecule has 6 nitrogen and oxygen atoms in total. The highest BCUT2D eigenvalue weighted by atomic mass is 16.1. The normalized spacial score (nSPS) is 11.4. The summed E-state index contributed by atoms with van der Waals surface area (Å²) >= 11 is 0. The van der Waals surface area contributed by atoms with Crippen molar-refractivity contribution in [2.75, 3.05) is 24.3 Å². The Hall–Kier alpha value is -3.15. The smallest absolute Gasteiger partial charge is 0.248 e. The van der Waals surface area contributed by atoms with E-state index in [1.807, 2.05) is 54.0 Å². The molecule has 2 heterocycles. The van der Waals surface area contributed by atoms with E-state index < -0.39 is 0 Å². The van der Waals surface area contributed by atoms with Gasteiger partial charge in [0.25, 0.3) is 0 Å². The van der Waals surface area contributed by atoms with Crippen LogP contribution < -0.4 is 10.2 Å². The maximum atomic E-state index is 12.2. The summed E-state index contributed by atoms with van der Waals surface area (Å²) in [4.78, 5) is 18.6. The third-order valence-corrected chi connectivity index (χ3v) is 4.03. The van der Waals surface area contributed by atoms with E-state index in [0.717, 1.165) is 22.3 Å². The minimum atomic E-state index is -0.195. The van der Waals surface area contributed by atoms with Crippen LogP contribution in [0.15, 0.2) is 48.8 Å². The van der Waals surface area contributed by atoms with Gasteiger partial charge in [0.05, 0.1) is 18.1 Å². The summed E-state index contributed by atoms with van der Waals surface area (Å²) in [6.45, 7) is 4.11. The van der Waals surface area contributed by atoms with Crippen LogP contribution in [0.2, 0.25) is 0 Å². The molecule has 0 unspecified atom stereocenters. The largest absolute Gasteiger partial charge is 0.378 e. The molecule has 0 fully saturated rings. The van der Waals surface area contributed by atoms with E-state index in [0.29, 0.717) is 5.69 Å². The van der Waals surface area contributed by atoms with Crippen LogP contribution in [0.25, 0.3) is 17.1 Å². The molecule has 134 valence electrons. The quantitative estimate of drug-likeness (QED) is 0.713. The molecule has 1 amide bonds. The van der Waals surface area contributed by atoms with Gasteiger partial charge in [-0.25, -0.2) is 9.67 Å². The SMILES string of the molecule is CC(C)n1ncc2cc(NC(=O)C=Cc3ccc(N(C)C)cc3)cnc21. The second-order valence-electron chi connectivity index (χ2n) is 6.63. The number of hydrogen-bond acceptors (Lipinski definition) is 4. The molecule has 0 radical (unpaired) electrons. The molecule has 0 bridgehead atoms. The molecule has 3 aromatic rings. The topological polar surface area (TPSA) is 63.1 Å². The molecule has 0 atom stereocenters. The Bertz CT molecular complexity index is 938.